The summed E-state index contributed by atoms with van der Waals surface area (Å²) in [5.41, 5.74) is -0.215. The summed E-state index contributed by atoms with van der Waals surface area (Å²) in [7, 11) is -3.56. The largest absolute Gasteiger partial charge is 0.391 e. The van der Waals surface area contributed by atoms with Gasteiger partial charge in [-0.3, -0.25) is 0 Å². The van der Waals surface area contributed by atoms with E-state index in [1.807, 2.05) is 20.8 Å². The van der Waals surface area contributed by atoms with Gasteiger partial charge in [0.15, 0.2) is 0 Å². The van der Waals surface area contributed by atoms with E-state index in [1.54, 1.807) is 13.0 Å². The summed E-state index contributed by atoms with van der Waals surface area (Å²) in [6.07, 6.45) is 0.780. The van der Waals surface area contributed by atoms with E-state index < -0.39 is 10.0 Å². The molecule has 0 bridgehead atoms. The predicted molar refractivity (Wildman–Crippen MR) is 82.9 cm³/mol. The number of sulfonamides is 1. The molecule has 0 aliphatic heterocycles. The molecule has 0 saturated heterocycles. The molecule has 1 saturated carbocycles. The Hall–Kier alpha value is -0.470. The normalized spacial score (nSPS) is 24.8. The molecular weight excluding hydrogens is 310 g/mol. The molecule has 2 atom stereocenters. The SMILES string of the molecule is CCOC1CC(NS(=O)(=O)c2cc(CO)sc2C)C1(C)C. The summed E-state index contributed by atoms with van der Waals surface area (Å²) in [5, 5.41) is 9.14. The van der Waals surface area contributed by atoms with Crippen LogP contribution < -0.4 is 4.72 Å². The zero-order valence-corrected chi connectivity index (χ0v) is 14.5. The fraction of sp³-hybridized carbons (Fsp3) is 0.714. The topological polar surface area (TPSA) is 75.6 Å². The van der Waals surface area contributed by atoms with Crippen LogP contribution >= 0.6 is 11.3 Å². The Morgan fingerprint density at radius 3 is 2.67 bits per heavy atom. The molecule has 120 valence electrons. The molecule has 0 spiro atoms. The van der Waals surface area contributed by atoms with E-state index >= 15 is 0 Å². The van der Waals surface area contributed by atoms with Crippen molar-refractivity contribution < 1.29 is 18.3 Å². The van der Waals surface area contributed by atoms with Crippen LogP contribution in [0.5, 0.6) is 0 Å². The van der Waals surface area contributed by atoms with E-state index in [0.29, 0.717) is 22.8 Å². The number of nitrogens with one attached hydrogen (secondary N) is 1. The second-order valence-electron chi connectivity index (χ2n) is 5.97. The van der Waals surface area contributed by atoms with Crippen LogP contribution in [0, 0.1) is 12.3 Å². The molecule has 1 aliphatic rings. The van der Waals surface area contributed by atoms with Gasteiger partial charge in [-0.1, -0.05) is 13.8 Å². The van der Waals surface area contributed by atoms with Crippen LogP contribution in [-0.2, 0) is 21.4 Å². The minimum Gasteiger partial charge on any atom is -0.391 e. The average molecular weight is 333 g/mol. The van der Waals surface area contributed by atoms with Crippen LogP contribution in [0.2, 0.25) is 0 Å². The molecule has 1 aromatic rings. The van der Waals surface area contributed by atoms with Gasteiger partial charge in [-0.05, 0) is 26.3 Å². The maximum atomic E-state index is 12.5. The highest BCUT2D eigenvalue weighted by Crippen LogP contribution is 2.43. The number of ether oxygens (including phenoxy) is 1. The van der Waals surface area contributed by atoms with Crippen LogP contribution in [0.25, 0.3) is 0 Å². The highest BCUT2D eigenvalue weighted by molar-refractivity contribution is 7.89. The smallest absolute Gasteiger partial charge is 0.241 e. The Kier molecular flexibility index (Phi) is 4.80. The number of thiophene rings is 1. The lowest BCUT2D eigenvalue weighted by Gasteiger charge is -2.51. The van der Waals surface area contributed by atoms with Gasteiger partial charge in [0.25, 0.3) is 0 Å². The van der Waals surface area contributed by atoms with Gasteiger partial charge >= 0.3 is 0 Å². The minimum atomic E-state index is -3.56. The molecule has 1 heterocycles. The standard InChI is InChI=1S/C14H23NO4S2/c1-5-19-13-7-12(14(13,3)4)15-21(17,18)11-6-10(8-16)20-9(11)2/h6,12-13,15-16H,5,7-8H2,1-4H3. The molecule has 0 radical (unpaired) electrons. The highest BCUT2D eigenvalue weighted by Gasteiger charge is 2.50. The quantitative estimate of drug-likeness (QED) is 0.835. The van der Waals surface area contributed by atoms with Crippen molar-refractivity contribution >= 4 is 21.4 Å². The third kappa shape index (κ3) is 3.17. The Morgan fingerprint density at radius 2 is 2.19 bits per heavy atom. The molecular formula is C14H23NO4S2. The van der Waals surface area contributed by atoms with Crippen molar-refractivity contribution in [1.82, 2.24) is 4.72 Å². The first-order valence-electron chi connectivity index (χ1n) is 7.06. The van der Waals surface area contributed by atoms with Crippen LogP contribution in [0.15, 0.2) is 11.0 Å². The van der Waals surface area contributed by atoms with Crippen molar-refractivity contribution in [2.75, 3.05) is 6.61 Å². The first-order valence-corrected chi connectivity index (χ1v) is 9.36. The number of aliphatic hydroxyl groups is 1. The lowest BCUT2D eigenvalue weighted by atomic mass is 9.65. The fourth-order valence-electron chi connectivity index (χ4n) is 2.69. The van der Waals surface area contributed by atoms with Gasteiger partial charge < -0.3 is 9.84 Å². The molecule has 1 aliphatic carbocycles. The minimum absolute atomic E-state index is 0.0896. The maximum Gasteiger partial charge on any atom is 0.241 e. The highest BCUT2D eigenvalue weighted by atomic mass is 32.2. The van der Waals surface area contributed by atoms with Crippen LogP contribution in [0.3, 0.4) is 0 Å². The summed E-state index contributed by atoms with van der Waals surface area (Å²) in [5.74, 6) is 0. The number of aryl methyl sites for hydroxylation is 1. The number of hydrogen-bond acceptors (Lipinski definition) is 5. The van der Waals surface area contributed by atoms with Crippen molar-refractivity contribution in [1.29, 1.82) is 0 Å². The zero-order valence-electron chi connectivity index (χ0n) is 12.8. The van der Waals surface area contributed by atoms with E-state index in [0.717, 1.165) is 0 Å². The first kappa shape index (κ1) is 16.9. The second-order valence-corrected chi connectivity index (χ2v) is 8.99. The molecule has 21 heavy (non-hydrogen) atoms. The molecule has 2 rings (SSSR count). The summed E-state index contributed by atoms with van der Waals surface area (Å²) >= 11 is 1.31. The summed E-state index contributed by atoms with van der Waals surface area (Å²) in [4.78, 5) is 1.63. The van der Waals surface area contributed by atoms with Gasteiger partial charge in [0, 0.05) is 27.8 Å². The van der Waals surface area contributed by atoms with E-state index in [-0.39, 0.29) is 29.1 Å². The first-order chi connectivity index (χ1) is 9.72. The van der Waals surface area contributed by atoms with Crippen molar-refractivity contribution in [2.24, 2.45) is 5.41 Å². The van der Waals surface area contributed by atoms with Gasteiger partial charge in [0.2, 0.25) is 10.0 Å². The van der Waals surface area contributed by atoms with Gasteiger partial charge in [-0.2, -0.15) is 0 Å². The average Bonchev–Trinajstić information content (AvgIpc) is 2.80. The van der Waals surface area contributed by atoms with Gasteiger partial charge in [0.05, 0.1) is 17.6 Å². The third-order valence-corrected chi connectivity index (χ3v) is 6.97. The molecule has 0 amide bonds. The Morgan fingerprint density at radius 1 is 1.52 bits per heavy atom. The van der Waals surface area contributed by atoms with Crippen molar-refractivity contribution in [2.45, 2.75) is 57.8 Å². The second kappa shape index (κ2) is 5.96. The summed E-state index contributed by atoms with van der Waals surface area (Å²) in [6.45, 7) is 8.23. The summed E-state index contributed by atoms with van der Waals surface area (Å²) in [6, 6.07) is 1.42. The van der Waals surface area contributed by atoms with E-state index in [4.69, 9.17) is 9.84 Å². The fourth-order valence-corrected chi connectivity index (χ4v) is 5.59. The van der Waals surface area contributed by atoms with Gasteiger partial charge in [0.1, 0.15) is 0 Å². The van der Waals surface area contributed by atoms with Crippen molar-refractivity contribution in [3.8, 4) is 0 Å². The van der Waals surface area contributed by atoms with Crippen LogP contribution in [-0.4, -0.2) is 32.3 Å². The zero-order chi connectivity index (χ0) is 15.8. The maximum absolute atomic E-state index is 12.5. The van der Waals surface area contributed by atoms with Crippen molar-refractivity contribution in [3.63, 3.8) is 0 Å². The van der Waals surface area contributed by atoms with Gasteiger partial charge in [-0.25, -0.2) is 13.1 Å². The number of rotatable bonds is 6. The number of hydrogen-bond donors (Lipinski definition) is 2. The van der Waals surface area contributed by atoms with E-state index in [2.05, 4.69) is 4.72 Å². The summed E-state index contributed by atoms with van der Waals surface area (Å²) < 4.78 is 33.4. The molecule has 1 fully saturated rings. The van der Waals surface area contributed by atoms with Crippen LogP contribution in [0.4, 0.5) is 0 Å². The predicted octanol–water partition coefficient (Wildman–Crippen LogP) is 2.03. The Labute approximate surface area is 130 Å². The Bertz CT molecular complexity index is 606. The molecule has 7 heteroatoms. The van der Waals surface area contributed by atoms with E-state index in [1.165, 1.54) is 11.3 Å². The third-order valence-electron chi connectivity index (χ3n) is 4.21. The van der Waals surface area contributed by atoms with E-state index in [9.17, 15) is 8.42 Å². The molecule has 1 aromatic heterocycles. The molecule has 2 unspecified atom stereocenters. The Balaban J connectivity index is 2.14. The monoisotopic (exact) mass is 333 g/mol. The molecule has 0 aromatic carbocycles. The van der Waals surface area contributed by atoms with Crippen molar-refractivity contribution in [3.05, 3.63) is 15.8 Å². The van der Waals surface area contributed by atoms with Crippen LogP contribution in [0.1, 0.15) is 36.9 Å². The lowest BCUT2D eigenvalue weighted by Crippen LogP contribution is -2.61. The molecule has 5 nitrogen and oxygen atoms in total. The lowest BCUT2D eigenvalue weighted by molar-refractivity contribution is -0.108. The van der Waals surface area contributed by atoms with Gasteiger partial charge in [-0.15, -0.1) is 11.3 Å². The number of aliphatic hydroxyl groups excluding tert-OH is 1. The molecule has 2 N–H and O–H groups in total.